The lowest BCUT2D eigenvalue weighted by atomic mass is 10.3. The lowest BCUT2D eigenvalue weighted by Gasteiger charge is -2.13. The van der Waals surface area contributed by atoms with E-state index >= 15 is 0 Å². The molecule has 0 saturated carbocycles. The van der Waals surface area contributed by atoms with Gasteiger partial charge in [-0.2, -0.15) is 0 Å². The Bertz CT molecular complexity index is 1020. The normalized spacial score (nSPS) is 11.9. The lowest BCUT2D eigenvalue weighted by Crippen LogP contribution is -2.17. The summed E-state index contributed by atoms with van der Waals surface area (Å²) in [6.45, 7) is 7.83. The minimum atomic E-state index is -0.413. The van der Waals surface area contributed by atoms with Crippen molar-refractivity contribution in [3.05, 3.63) is 47.5 Å². The molecule has 1 aromatic carbocycles. The van der Waals surface area contributed by atoms with Crippen LogP contribution in [0.2, 0.25) is 0 Å². The quantitative estimate of drug-likeness (QED) is 0.267. The first-order valence-electron chi connectivity index (χ1n) is 9.78. The Morgan fingerprint density at radius 3 is 2.42 bits per heavy atom. The number of rotatable bonds is 9. The highest BCUT2D eigenvalue weighted by atomic mass is 32.2. The third kappa shape index (κ3) is 5.98. The summed E-state index contributed by atoms with van der Waals surface area (Å²) in [6.07, 6.45) is 0. The Morgan fingerprint density at radius 1 is 1.13 bits per heavy atom. The number of carbonyl (C=O) groups excluding carboxylic acids is 1. The van der Waals surface area contributed by atoms with E-state index < -0.39 is 5.25 Å². The molecular formula is C21H25N5O3S2. The van der Waals surface area contributed by atoms with E-state index in [-0.39, 0.29) is 5.97 Å². The molecule has 0 unspecified atom stereocenters. The summed E-state index contributed by atoms with van der Waals surface area (Å²) >= 11 is 2.81. The molecule has 0 fully saturated rings. The van der Waals surface area contributed by atoms with E-state index in [0.29, 0.717) is 22.7 Å². The van der Waals surface area contributed by atoms with E-state index in [4.69, 9.17) is 9.47 Å². The fraction of sp³-hybridized carbons (Fsp3) is 0.381. The number of ether oxygens (including phenoxy) is 2. The van der Waals surface area contributed by atoms with Crippen molar-refractivity contribution in [1.82, 2.24) is 24.7 Å². The van der Waals surface area contributed by atoms with Crippen LogP contribution < -0.4 is 4.74 Å². The number of methoxy groups -OCH3 is 1. The number of nitrogens with zero attached hydrogens (tertiary/aromatic N) is 5. The highest BCUT2D eigenvalue weighted by molar-refractivity contribution is 8.00. The van der Waals surface area contributed by atoms with E-state index in [0.717, 1.165) is 28.6 Å². The Kier molecular flexibility index (Phi) is 7.91. The SMILES string of the molecule is CCOC(=O)[C@H](C)Sc1nnc(CSc2nc(C)cc(C)n2)n1-c1ccc(OC)cc1. The molecule has 8 nitrogen and oxygen atoms in total. The van der Waals surface area contributed by atoms with Crippen molar-refractivity contribution in [2.24, 2.45) is 0 Å². The molecule has 0 saturated heterocycles. The maximum Gasteiger partial charge on any atom is 0.319 e. The van der Waals surface area contributed by atoms with Crippen LogP contribution in [-0.2, 0) is 15.3 Å². The number of carbonyl (C=O) groups is 1. The van der Waals surface area contributed by atoms with Crippen molar-refractivity contribution in [2.45, 2.75) is 49.0 Å². The van der Waals surface area contributed by atoms with Crippen LogP contribution in [0, 0.1) is 13.8 Å². The molecule has 0 radical (unpaired) electrons. The summed E-state index contributed by atoms with van der Waals surface area (Å²) in [7, 11) is 1.63. The Labute approximate surface area is 190 Å². The zero-order chi connectivity index (χ0) is 22.4. The van der Waals surface area contributed by atoms with Crippen molar-refractivity contribution in [2.75, 3.05) is 13.7 Å². The molecule has 2 aromatic heterocycles. The third-order valence-electron chi connectivity index (χ3n) is 4.22. The van der Waals surface area contributed by atoms with E-state index in [1.807, 2.05) is 48.7 Å². The predicted molar refractivity (Wildman–Crippen MR) is 121 cm³/mol. The standard InChI is InChI=1S/C21H25N5O3S2/c1-6-29-19(27)15(4)31-21-25-24-18(12-30-20-22-13(2)11-14(3)23-20)26(21)16-7-9-17(28-5)10-8-16/h7-11,15H,6,12H2,1-5H3/t15-/m0/s1. The maximum absolute atomic E-state index is 12.1. The number of benzene rings is 1. The van der Waals surface area contributed by atoms with E-state index in [2.05, 4.69) is 20.2 Å². The van der Waals surface area contributed by atoms with Gasteiger partial charge in [-0.3, -0.25) is 9.36 Å². The highest BCUT2D eigenvalue weighted by Gasteiger charge is 2.22. The molecule has 10 heteroatoms. The number of esters is 1. The van der Waals surface area contributed by atoms with E-state index in [1.54, 1.807) is 21.0 Å². The van der Waals surface area contributed by atoms with Crippen molar-refractivity contribution >= 4 is 29.5 Å². The van der Waals surface area contributed by atoms with Crippen molar-refractivity contribution in [3.8, 4) is 11.4 Å². The number of aryl methyl sites for hydroxylation is 2. The van der Waals surface area contributed by atoms with Gasteiger partial charge in [0.25, 0.3) is 0 Å². The minimum Gasteiger partial charge on any atom is -0.497 e. The monoisotopic (exact) mass is 459 g/mol. The molecule has 0 aliphatic rings. The number of hydrogen-bond acceptors (Lipinski definition) is 9. The second-order valence-corrected chi connectivity index (χ2v) is 8.92. The summed E-state index contributed by atoms with van der Waals surface area (Å²) in [5, 5.41) is 9.63. The number of hydrogen-bond donors (Lipinski definition) is 0. The van der Waals surface area contributed by atoms with Crippen LogP contribution in [0.4, 0.5) is 0 Å². The van der Waals surface area contributed by atoms with Crippen molar-refractivity contribution in [3.63, 3.8) is 0 Å². The van der Waals surface area contributed by atoms with Crippen LogP contribution >= 0.6 is 23.5 Å². The molecule has 3 rings (SSSR count). The average molecular weight is 460 g/mol. The third-order valence-corrected chi connectivity index (χ3v) is 6.09. The van der Waals surface area contributed by atoms with Gasteiger partial charge in [0, 0.05) is 17.1 Å². The van der Waals surface area contributed by atoms with Crippen LogP contribution in [0.3, 0.4) is 0 Å². The van der Waals surface area contributed by atoms with Crippen LogP contribution in [0.5, 0.6) is 5.75 Å². The average Bonchev–Trinajstić information content (AvgIpc) is 3.14. The highest BCUT2D eigenvalue weighted by Crippen LogP contribution is 2.29. The van der Waals surface area contributed by atoms with Gasteiger partial charge in [-0.15, -0.1) is 10.2 Å². The molecule has 0 N–H and O–H groups in total. The van der Waals surface area contributed by atoms with Crippen LogP contribution in [0.15, 0.2) is 40.6 Å². The van der Waals surface area contributed by atoms with Gasteiger partial charge < -0.3 is 9.47 Å². The van der Waals surface area contributed by atoms with Gasteiger partial charge in [0.05, 0.1) is 19.5 Å². The molecule has 0 bridgehead atoms. The summed E-state index contributed by atoms with van der Waals surface area (Å²) < 4.78 is 12.3. The van der Waals surface area contributed by atoms with Gasteiger partial charge >= 0.3 is 5.97 Å². The Morgan fingerprint density at radius 2 is 1.81 bits per heavy atom. The first-order valence-corrected chi connectivity index (χ1v) is 11.6. The number of thioether (sulfide) groups is 2. The predicted octanol–water partition coefficient (Wildman–Crippen LogP) is 4.02. The minimum absolute atomic E-state index is 0.281. The zero-order valence-corrected chi connectivity index (χ0v) is 19.8. The molecule has 0 amide bonds. The van der Waals surface area contributed by atoms with Gasteiger partial charge in [-0.05, 0) is 58.0 Å². The first kappa shape index (κ1) is 23.1. The van der Waals surface area contributed by atoms with Gasteiger partial charge in [-0.1, -0.05) is 23.5 Å². The van der Waals surface area contributed by atoms with Crippen LogP contribution in [-0.4, -0.2) is 49.7 Å². The Balaban J connectivity index is 1.90. The molecule has 2 heterocycles. The van der Waals surface area contributed by atoms with Crippen LogP contribution in [0.25, 0.3) is 5.69 Å². The number of aromatic nitrogens is 5. The maximum atomic E-state index is 12.1. The van der Waals surface area contributed by atoms with Gasteiger partial charge in [-0.25, -0.2) is 9.97 Å². The zero-order valence-electron chi connectivity index (χ0n) is 18.2. The summed E-state index contributed by atoms with van der Waals surface area (Å²) in [5.41, 5.74) is 2.72. The van der Waals surface area contributed by atoms with E-state index in [1.165, 1.54) is 23.5 Å². The van der Waals surface area contributed by atoms with E-state index in [9.17, 15) is 4.79 Å². The van der Waals surface area contributed by atoms with Gasteiger partial charge in [0.1, 0.15) is 16.8 Å². The second kappa shape index (κ2) is 10.6. The van der Waals surface area contributed by atoms with Crippen LogP contribution in [0.1, 0.15) is 31.1 Å². The molecule has 3 aromatic rings. The fourth-order valence-corrected chi connectivity index (χ4v) is 4.56. The summed E-state index contributed by atoms with van der Waals surface area (Å²) in [5.74, 6) is 1.73. The molecule has 0 aliphatic heterocycles. The van der Waals surface area contributed by atoms with Crippen molar-refractivity contribution < 1.29 is 14.3 Å². The first-order chi connectivity index (χ1) is 14.9. The smallest absolute Gasteiger partial charge is 0.319 e. The largest absolute Gasteiger partial charge is 0.497 e. The summed E-state index contributed by atoms with van der Waals surface area (Å²) in [4.78, 5) is 21.1. The molecule has 31 heavy (non-hydrogen) atoms. The van der Waals surface area contributed by atoms with Gasteiger partial charge in [0.2, 0.25) is 0 Å². The topological polar surface area (TPSA) is 92.0 Å². The molecule has 1 atom stereocenters. The molecule has 164 valence electrons. The van der Waals surface area contributed by atoms with Gasteiger partial charge in [0.15, 0.2) is 10.3 Å². The second-order valence-electron chi connectivity index (χ2n) is 6.67. The molecular weight excluding hydrogens is 434 g/mol. The Hall–Kier alpha value is -2.59. The van der Waals surface area contributed by atoms with Crippen molar-refractivity contribution in [1.29, 1.82) is 0 Å². The summed E-state index contributed by atoms with van der Waals surface area (Å²) in [6, 6.07) is 9.56. The molecule has 0 spiro atoms. The fourth-order valence-electron chi connectivity index (χ4n) is 2.81. The lowest BCUT2D eigenvalue weighted by molar-refractivity contribution is -0.142. The molecule has 0 aliphatic carbocycles.